The molecule has 0 aliphatic carbocycles. The molecule has 0 saturated carbocycles. The number of aromatic amines is 1. The summed E-state index contributed by atoms with van der Waals surface area (Å²) in [7, 11) is 0. The molecular weight excluding hydrogens is 300 g/mol. The Morgan fingerprint density at radius 2 is 2.04 bits per heavy atom. The average molecular weight is 324 g/mol. The monoisotopic (exact) mass is 324 g/mol. The number of amides is 1. The zero-order valence-electron chi connectivity index (χ0n) is 14.3. The second kappa shape index (κ2) is 7.04. The number of rotatable bonds is 5. The molecule has 3 rings (SSSR count). The van der Waals surface area contributed by atoms with Crippen molar-refractivity contribution in [3.8, 4) is 0 Å². The first-order valence-corrected chi connectivity index (χ1v) is 8.67. The summed E-state index contributed by atoms with van der Waals surface area (Å²) in [5.74, 6) is 0.318. The number of hydrogen-bond donors (Lipinski definition) is 1. The number of H-pyrrole nitrogens is 1. The lowest BCUT2D eigenvalue weighted by Gasteiger charge is -2.31. The van der Waals surface area contributed by atoms with E-state index >= 15 is 0 Å². The minimum Gasteiger partial charge on any atom is -0.356 e. The SMILES string of the molecule is CC[C@H](c1ccccc1)[C@@H]1CCCN1C(=O)c1cc(C(C)=O)c[nH]1. The van der Waals surface area contributed by atoms with E-state index in [4.69, 9.17) is 0 Å². The zero-order chi connectivity index (χ0) is 17.1. The largest absolute Gasteiger partial charge is 0.356 e. The van der Waals surface area contributed by atoms with E-state index in [1.807, 2.05) is 11.0 Å². The van der Waals surface area contributed by atoms with E-state index in [1.54, 1.807) is 12.3 Å². The van der Waals surface area contributed by atoms with Gasteiger partial charge in [-0.05, 0) is 37.8 Å². The van der Waals surface area contributed by atoms with Crippen LogP contribution in [-0.2, 0) is 0 Å². The minimum absolute atomic E-state index is 0.000573. The van der Waals surface area contributed by atoms with Gasteiger partial charge in [0.25, 0.3) is 5.91 Å². The number of likely N-dealkylation sites (tertiary alicyclic amines) is 1. The van der Waals surface area contributed by atoms with Gasteiger partial charge in [-0.2, -0.15) is 0 Å². The summed E-state index contributed by atoms with van der Waals surface area (Å²) in [5.41, 5.74) is 2.36. The third kappa shape index (κ3) is 3.14. The minimum atomic E-state index is -0.0287. The lowest BCUT2D eigenvalue weighted by atomic mass is 9.87. The summed E-state index contributed by atoms with van der Waals surface area (Å²) in [6, 6.07) is 12.3. The summed E-state index contributed by atoms with van der Waals surface area (Å²) in [5, 5.41) is 0. The predicted molar refractivity (Wildman–Crippen MR) is 94.3 cm³/mol. The number of benzene rings is 1. The van der Waals surface area contributed by atoms with Crippen molar-refractivity contribution in [3.63, 3.8) is 0 Å². The molecule has 24 heavy (non-hydrogen) atoms. The van der Waals surface area contributed by atoms with Gasteiger partial charge < -0.3 is 9.88 Å². The summed E-state index contributed by atoms with van der Waals surface area (Å²) in [6.07, 6.45) is 4.68. The first-order valence-electron chi connectivity index (χ1n) is 8.67. The van der Waals surface area contributed by atoms with E-state index < -0.39 is 0 Å². The second-order valence-electron chi connectivity index (χ2n) is 6.49. The van der Waals surface area contributed by atoms with Gasteiger partial charge in [-0.25, -0.2) is 0 Å². The van der Waals surface area contributed by atoms with Gasteiger partial charge in [0.15, 0.2) is 5.78 Å². The van der Waals surface area contributed by atoms with Crippen LogP contribution >= 0.6 is 0 Å². The fraction of sp³-hybridized carbons (Fsp3) is 0.400. The molecule has 0 unspecified atom stereocenters. The Labute approximate surface area is 142 Å². The Kier molecular flexibility index (Phi) is 4.84. The predicted octanol–water partition coefficient (Wildman–Crippen LogP) is 4.02. The van der Waals surface area contributed by atoms with Crippen LogP contribution in [0, 0.1) is 0 Å². The van der Waals surface area contributed by atoms with Crippen LogP contribution in [-0.4, -0.2) is 34.2 Å². The smallest absolute Gasteiger partial charge is 0.270 e. The van der Waals surface area contributed by atoms with Gasteiger partial charge >= 0.3 is 0 Å². The van der Waals surface area contributed by atoms with Crippen molar-refractivity contribution in [2.24, 2.45) is 0 Å². The van der Waals surface area contributed by atoms with Gasteiger partial charge in [-0.3, -0.25) is 9.59 Å². The molecule has 1 saturated heterocycles. The van der Waals surface area contributed by atoms with E-state index in [0.29, 0.717) is 17.2 Å². The van der Waals surface area contributed by atoms with Crippen LogP contribution in [0.1, 0.15) is 65.4 Å². The van der Waals surface area contributed by atoms with Crippen LogP contribution in [0.25, 0.3) is 0 Å². The second-order valence-corrected chi connectivity index (χ2v) is 6.49. The lowest BCUT2D eigenvalue weighted by molar-refractivity contribution is 0.0709. The van der Waals surface area contributed by atoms with Crippen LogP contribution in [0.2, 0.25) is 0 Å². The van der Waals surface area contributed by atoms with E-state index in [-0.39, 0.29) is 17.7 Å². The Morgan fingerprint density at radius 1 is 1.29 bits per heavy atom. The highest BCUT2D eigenvalue weighted by atomic mass is 16.2. The summed E-state index contributed by atoms with van der Waals surface area (Å²) < 4.78 is 0. The number of ketones is 1. The molecular formula is C20H24N2O2. The van der Waals surface area contributed by atoms with E-state index in [1.165, 1.54) is 12.5 Å². The van der Waals surface area contributed by atoms with Crippen LogP contribution in [0.5, 0.6) is 0 Å². The molecule has 1 aliphatic rings. The first kappa shape index (κ1) is 16.5. The standard InChI is InChI=1S/C20H24N2O2/c1-3-17(15-8-5-4-6-9-15)19-10-7-11-22(19)20(24)18-12-16(13-21-18)14(2)23/h4-6,8-9,12-13,17,19,21H,3,7,10-11H2,1-2H3/t17-,19+/m1/s1. The number of nitrogens with one attached hydrogen (secondary N) is 1. The number of carbonyl (C=O) groups is 2. The Morgan fingerprint density at radius 3 is 2.67 bits per heavy atom. The number of nitrogens with zero attached hydrogens (tertiary/aromatic N) is 1. The molecule has 1 amide bonds. The maximum atomic E-state index is 12.9. The maximum absolute atomic E-state index is 12.9. The fourth-order valence-electron chi connectivity index (χ4n) is 3.77. The van der Waals surface area contributed by atoms with Gasteiger partial charge in [0.1, 0.15) is 5.69 Å². The molecule has 2 heterocycles. The van der Waals surface area contributed by atoms with Crippen molar-refractivity contribution in [1.29, 1.82) is 0 Å². The van der Waals surface area contributed by atoms with Crippen LogP contribution in [0.4, 0.5) is 0 Å². The van der Waals surface area contributed by atoms with Crippen molar-refractivity contribution in [2.45, 2.75) is 45.1 Å². The normalized spacial score (nSPS) is 18.6. The molecule has 1 aliphatic heterocycles. The molecule has 0 radical (unpaired) electrons. The quantitative estimate of drug-likeness (QED) is 0.845. The molecule has 2 atom stereocenters. The van der Waals surface area contributed by atoms with Crippen molar-refractivity contribution in [1.82, 2.24) is 9.88 Å². The Hall–Kier alpha value is -2.36. The molecule has 4 heteroatoms. The van der Waals surface area contributed by atoms with Crippen molar-refractivity contribution in [3.05, 3.63) is 59.4 Å². The van der Waals surface area contributed by atoms with Crippen LogP contribution < -0.4 is 0 Å². The van der Waals surface area contributed by atoms with E-state index in [9.17, 15) is 9.59 Å². The Bertz CT molecular complexity index is 720. The summed E-state index contributed by atoms with van der Waals surface area (Å²) >= 11 is 0. The van der Waals surface area contributed by atoms with Gasteiger partial charge in [0.2, 0.25) is 0 Å². The van der Waals surface area contributed by atoms with Crippen molar-refractivity contribution < 1.29 is 9.59 Å². The molecule has 2 aromatic rings. The maximum Gasteiger partial charge on any atom is 0.270 e. The van der Waals surface area contributed by atoms with Crippen LogP contribution in [0.15, 0.2) is 42.6 Å². The molecule has 1 aromatic heterocycles. The first-order chi connectivity index (χ1) is 11.6. The topological polar surface area (TPSA) is 53.2 Å². The highest BCUT2D eigenvalue weighted by Gasteiger charge is 2.35. The van der Waals surface area contributed by atoms with Crippen LogP contribution in [0.3, 0.4) is 0 Å². The molecule has 1 aromatic carbocycles. The van der Waals surface area contributed by atoms with Gasteiger partial charge in [0.05, 0.1) is 0 Å². The third-order valence-electron chi connectivity index (χ3n) is 5.01. The highest BCUT2D eigenvalue weighted by molar-refractivity contribution is 5.99. The average Bonchev–Trinajstić information content (AvgIpc) is 3.26. The van der Waals surface area contributed by atoms with Gasteiger partial charge in [-0.1, -0.05) is 37.3 Å². The van der Waals surface area contributed by atoms with Crippen molar-refractivity contribution in [2.75, 3.05) is 6.54 Å². The Balaban J connectivity index is 1.83. The highest BCUT2D eigenvalue weighted by Crippen LogP contribution is 2.34. The third-order valence-corrected chi connectivity index (χ3v) is 5.01. The number of aromatic nitrogens is 1. The fourth-order valence-corrected chi connectivity index (χ4v) is 3.77. The summed E-state index contributed by atoms with van der Waals surface area (Å²) in [4.78, 5) is 29.3. The number of carbonyl (C=O) groups excluding carboxylic acids is 2. The molecule has 0 bridgehead atoms. The zero-order valence-corrected chi connectivity index (χ0v) is 14.3. The van der Waals surface area contributed by atoms with E-state index in [0.717, 1.165) is 25.8 Å². The van der Waals surface area contributed by atoms with Gasteiger partial charge in [-0.15, -0.1) is 0 Å². The molecule has 4 nitrogen and oxygen atoms in total. The van der Waals surface area contributed by atoms with Crippen molar-refractivity contribution >= 4 is 11.7 Å². The molecule has 0 spiro atoms. The van der Waals surface area contributed by atoms with E-state index in [2.05, 4.69) is 36.2 Å². The molecule has 1 N–H and O–H groups in total. The number of hydrogen-bond acceptors (Lipinski definition) is 2. The molecule has 1 fully saturated rings. The summed E-state index contributed by atoms with van der Waals surface area (Å²) in [6.45, 7) is 4.47. The van der Waals surface area contributed by atoms with Gasteiger partial charge in [0, 0.05) is 30.3 Å². The molecule has 126 valence electrons. The lowest BCUT2D eigenvalue weighted by Crippen LogP contribution is -2.39. The number of Topliss-reactive ketones (excluding diaryl/α,β-unsaturated/α-hetero) is 1.